The molecule has 3 aromatic rings. The average Bonchev–Trinajstić information content (AvgIpc) is 2.99. The van der Waals surface area contributed by atoms with Crippen molar-refractivity contribution >= 4 is 22.5 Å². The second-order valence-corrected chi connectivity index (χ2v) is 5.31. The number of carbonyl (C=O) groups excluding carboxylic acids is 1. The van der Waals surface area contributed by atoms with Crippen LogP contribution in [0, 0.1) is 0 Å². The number of azo groups is 1. The molecule has 0 spiro atoms. The van der Waals surface area contributed by atoms with Crippen molar-refractivity contribution < 1.29 is 24.1 Å². The Kier molecular flexibility index (Phi) is 4.74. The van der Waals surface area contributed by atoms with Crippen molar-refractivity contribution in [2.24, 2.45) is 10.2 Å². The summed E-state index contributed by atoms with van der Waals surface area (Å²) in [6.07, 6.45) is 0. The highest BCUT2D eigenvalue weighted by molar-refractivity contribution is 5.97. The molecule has 2 aromatic carbocycles. The van der Waals surface area contributed by atoms with Crippen LogP contribution in [0.5, 0.6) is 23.1 Å². The number of rotatable bonds is 5. The number of carbonyl (C=O) groups is 1. The third-order valence-electron chi connectivity index (χ3n) is 3.83. The Hall–Kier alpha value is -3.55. The van der Waals surface area contributed by atoms with Crippen molar-refractivity contribution in [1.29, 1.82) is 0 Å². The molecule has 8 heteroatoms. The van der Waals surface area contributed by atoms with Gasteiger partial charge in [-0.2, -0.15) is 0 Å². The SMILES string of the molecule is COc1ccc2[nH]c(O)c(N=NC(=O)c3ccc(OC)c(OC)c3)c2c1. The predicted molar refractivity (Wildman–Crippen MR) is 94.9 cm³/mol. The summed E-state index contributed by atoms with van der Waals surface area (Å²) < 4.78 is 15.5. The molecule has 0 unspecified atom stereocenters. The van der Waals surface area contributed by atoms with Gasteiger partial charge >= 0.3 is 0 Å². The van der Waals surface area contributed by atoms with E-state index in [1.165, 1.54) is 27.4 Å². The molecule has 0 atom stereocenters. The molecule has 0 bridgehead atoms. The van der Waals surface area contributed by atoms with E-state index in [0.29, 0.717) is 28.2 Å². The van der Waals surface area contributed by atoms with E-state index >= 15 is 0 Å². The molecule has 0 radical (unpaired) electrons. The minimum absolute atomic E-state index is 0.160. The molecule has 3 rings (SSSR count). The van der Waals surface area contributed by atoms with Crippen molar-refractivity contribution in [3.8, 4) is 23.1 Å². The number of methoxy groups -OCH3 is 3. The fourth-order valence-electron chi connectivity index (χ4n) is 2.49. The standard InChI is InChI=1S/C18H17N3O5/c1-24-11-5-6-13-12(9-11)16(18(23)19-13)20-21-17(22)10-4-7-14(25-2)15(8-10)26-3/h4-9,19,23H,1-3H3. The van der Waals surface area contributed by atoms with Gasteiger partial charge in [-0.15, -0.1) is 10.2 Å². The van der Waals surface area contributed by atoms with Crippen LogP contribution >= 0.6 is 0 Å². The first-order valence-electron chi connectivity index (χ1n) is 7.64. The van der Waals surface area contributed by atoms with E-state index in [-0.39, 0.29) is 17.1 Å². The number of H-pyrrole nitrogens is 1. The van der Waals surface area contributed by atoms with Crippen LogP contribution in [0.25, 0.3) is 10.9 Å². The zero-order valence-electron chi connectivity index (χ0n) is 14.4. The second kappa shape index (κ2) is 7.14. The van der Waals surface area contributed by atoms with Gasteiger partial charge in [0.25, 0.3) is 5.91 Å². The van der Waals surface area contributed by atoms with Crippen molar-refractivity contribution in [2.45, 2.75) is 0 Å². The summed E-state index contributed by atoms with van der Waals surface area (Å²) in [6, 6.07) is 9.85. The normalized spacial score (nSPS) is 11.0. The second-order valence-electron chi connectivity index (χ2n) is 5.31. The van der Waals surface area contributed by atoms with Crippen LogP contribution in [0.15, 0.2) is 46.6 Å². The third kappa shape index (κ3) is 3.16. The summed E-state index contributed by atoms with van der Waals surface area (Å²) in [6.45, 7) is 0. The summed E-state index contributed by atoms with van der Waals surface area (Å²) in [5.41, 5.74) is 1.09. The Balaban J connectivity index is 1.93. The van der Waals surface area contributed by atoms with E-state index in [4.69, 9.17) is 14.2 Å². The first-order chi connectivity index (χ1) is 12.6. The van der Waals surface area contributed by atoms with E-state index in [0.717, 1.165) is 0 Å². The molecule has 134 valence electrons. The maximum Gasteiger partial charge on any atom is 0.295 e. The fraction of sp³-hybridized carbons (Fsp3) is 0.167. The molecule has 2 N–H and O–H groups in total. The Morgan fingerprint density at radius 1 is 1.00 bits per heavy atom. The molecule has 1 aromatic heterocycles. The van der Waals surface area contributed by atoms with Crippen LogP contribution < -0.4 is 14.2 Å². The number of ether oxygens (including phenoxy) is 3. The topological polar surface area (TPSA) is 106 Å². The number of hydrogen-bond donors (Lipinski definition) is 2. The molecule has 1 amide bonds. The fourth-order valence-corrected chi connectivity index (χ4v) is 2.49. The third-order valence-corrected chi connectivity index (χ3v) is 3.83. The van der Waals surface area contributed by atoms with Gasteiger partial charge in [0.05, 0.1) is 26.8 Å². The van der Waals surface area contributed by atoms with Crippen LogP contribution in [0.3, 0.4) is 0 Å². The highest BCUT2D eigenvalue weighted by Gasteiger charge is 2.14. The lowest BCUT2D eigenvalue weighted by molar-refractivity contribution is 0.0994. The minimum atomic E-state index is -0.581. The Morgan fingerprint density at radius 2 is 1.77 bits per heavy atom. The van der Waals surface area contributed by atoms with Gasteiger partial charge in [-0.05, 0) is 36.4 Å². The predicted octanol–water partition coefficient (Wildman–Crippen LogP) is 3.82. The molecule has 0 aliphatic heterocycles. The number of aromatic hydroxyl groups is 1. The summed E-state index contributed by atoms with van der Waals surface area (Å²) in [7, 11) is 4.52. The van der Waals surface area contributed by atoms with Crippen molar-refractivity contribution in [3.63, 3.8) is 0 Å². The molecular formula is C18H17N3O5. The maximum atomic E-state index is 12.3. The van der Waals surface area contributed by atoms with Gasteiger partial charge in [0.1, 0.15) is 5.75 Å². The quantitative estimate of drug-likeness (QED) is 0.677. The number of nitrogens with one attached hydrogen (secondary N) is 1. The molecule has 0 aliphatic carbocycles. The number of nitrogens with zero attached hydrogens (tertiary/aromatic N) is 2. The van der Waals surface area contributed by atoms with E-state index in [9.17, 15) is 9.90 Å². The van der Waals surface area contributed by atoms with Crippen LogP contribution in [0.4, 0.5) is 5.69 Å². The van der Waals surface area contributed by atoms with Gasteiger partial charge in [0.15, 0.2) is 17.2 Å². The van der Waals surface area contributed by atoms with Crippen molar-refractivity contribution in [3.05, 3.63) is 42.0 Å². The highest BCUT2D eigenvalue weighted by Crippen LogP contribution is 2.37. The largest absolute Gasteiger partial charge is 0.497 e. The Bertz CT molecular complexity index is 994. The number of aromatic nitrogens is 1. The number of aromatic amines is 1. The van der Waals surface area contributed by atoms with Crippen LogP contribution in [-0.2, 0) is 0 Å². The molecule has 26 heavy (non-hydrogen) atoms. The van der Waals surface area contributed by atoms with E-state index in [1.807, 2.05) is 0 Å². The lowest BCUT2D eigenvalue weighted by Crippen LogP contribution is -1.97. The Labute approximate surface area is 149 Å². The first-order valence-corrected chi connectivity index (χ1v) is 7.64. The summed E-state index contributed by atoms with van der Waals surface area (Å²) in [5.74, 6) is 0.745. The van der Waals surface area contributed by atoms with Crippen LogP contribution in [-0.4, -0.2) is 37.3 Å². The van der Waals surface area contributed by atoms with Gasteiger partial charge in [0.2, 0.25) is 5.88 Å². The zero-order chi connectivity index (χ0) is 18.7. The summed E-state index contributed by atoms with van der Waals surface area (Å²) in [5, 5.41) is 18.2. The maximum absolute atomic E-state index is 12.3. The van der Waals surface area contributed by atoms with Crippen LogP contribution in [0.2, 0.25) is 0 Å². The molecule has 0 aliphatic rings. The van der Waals surface area contributed by atoms with E-state index in [1.54, 1.807) is 30.3 Å². The Morgan fingerprint density at radius 3 is 2.46 bits per heavy atom. The van der Waals surface area contributed by atoms with Gasteiger partial charge < -0.3 is 24.3 Å². The van der Waals surface area contributed by atoms with E-state index in [2.05, 4.69) is 15.2 Å². The van der Waals surface area contributed by atoms with Crippen molar-refractivity contribution in [2.75, 3.05) is 21.3 Å². The number of amides is 1. The van der Waals surface area contributed by atoms with Gasteiger partial charge in [-0.25, -0.2) is 0 Å². The molecule has 0 saturated heterocycles. The summed E-state index contributed by atoms with van der Waals surface area (Å²) >= 11 is 0. The first kappa shape index (κ1) is 17.3. The van der Waals surface area contributed by atoms with Crippen molar-refractivity contribution in [1.82, 2.24) is 4.98 Å². The van der Waals surface area contributed by atoms with Gasteiger partial charge in [-0.1, -0.05) is 0 Å². The summed E-state index contributed by atoms with van der Waals surface area (Å²) in [4.78, 5) is 15.1. The van der Waals surface area contributed by atoms with Gasteiger partial charge in [0, 0.05) is 10.9 Å². The molecule has 0 saturated carbocycles. The number of fused-ring (bicyclic) bond motifs is 1. The smallest absolute Gasteiger partial charge is 0.295 e. The number of hydrogen-bond acceptors (Lipinski definition) is 6. The monoisotopic (exact) mass is 355 g/mol. The minimum Gasteiger partial charge on any atom is -0.497 e. The average molecular weight is 355 g/mol. The van der Waals surface area contributed by atoms with Gasteiger partial charge in [-0.3, -0.25) is 4.79 Å². The molecule has 0 fully saturated rings. The number of benzene rings is 2. The van der Waals surface area contributed by atoms with Crippen LogP contribution in [0.1, 0.15) is 10.4 Å². The molecular weight excluding hydrogens is 338 g/mol. The lowest BCUT2D eigenvalue weighted by atomic mass is 10.2. The molecule has 1 heterocycles. The molecule has 8 nitrogen and oxygen atoms in total. The lowest BCUT2D eigenvalue weighted by Gasteiger charge is -2.07. The zero-order valence-corrected chi connectivity index (χ0v) is 14.4. The highest BCUT2D eigenvalue weighted by atomic mass is 16.5. The van der Waals surface area contributed by atoms with E-state index < -0.39 is 5.91 Å².